The molecule has 2 heterocycles. The lowest BCUT2D eigenvalue weighted by Gasteiger charge is -2.32. The molecule has 6 nitrogen and oxygen atoms in total. The van der Waals surface area contributed by atoms with Gasteiger partial charge >= 0.3 is 5.97 Å². The third-order valence-corrected chi connectivity index (χ3v) is 3.50. The Labute approximate surface area is 111 Å². The summed E-state index contributed by atoms with van der Waals surface area (Å²) < 4.78 is 1.33. The van der Waals surface area contributed by atoms with Gasteiger partial charge in [-0.25, -0.2) is 4.79 Å². The van der Waals surface area contributed by atoms with E-state index in [1.54, 1.807) is 0 Å². The Balaban J connectivity index is 2.03. The average molecular weight is 265 g/mol. The van der Waals surface area contributed by atoms with Gasteiger partial charge in [-0.15, -0.1) is 0 Å². The van der Waals surface area contributed by atoms with Crippen LogP contribution in [0.2, 0.25) is 0 Å². The van der Waals surface area contributed by atoms with E-state index >= 15 is 0 Å². The molecule has 1 aromatic heterocycles. The van der Waals surface area contributed by atoms with Crippen LogP contribution >= 0.6 is 0 Å². The molecule has 0 unspecified atom stereocenters. The van der Waals surface area contributed by atoms with Crippen molar-refractivity contribution in [3.8, 4) is 0 Å². The molecule has 0 saturated carbocycles. The van der Waals surface area contributed by atoms with Crippen LogP contribution in [0.15, 0.2) is 23.0 Å². The van der Waals surface area contributed by atoms with Crippen molar-refractivity contribution in [3.63, 3.8) is 0 Å². The van der Waals surface area contributed by atoms with Gasteiger partial charge in [0.15, 0.2) is 0 Å². The molecule has 1 aliphatic rings. The van der Waals surface area contributed by atoms with Crippen molar-refractivity contribution in [3.05, 3.63) is 34.2 Å². The molecule has 0 bridgehead atoms. The minimum atomic E-state index is -1.06. The molecule has 1 aromatic rings. The van der Waals surface area contributed by atoms with E-state index in [-0.39, 0.29) is 11.3 Å². The number of aromatic nitrogens is 1. The average Bonchev–Trinajstić information content (AvgIpc) is 2.39. The minimum absolute atomic E-state index is 0.0571. The predicted octanol–water partition coefficient (Wildman–Crippen LogP) is -0.206. The molecule has 0 aromatic carbocycles. The van der Waals surface area contributed by atoms with Crippen molar-refractivity contribution >= 4 is 5.97 Å². The number of hydrogen-bond acceptors (Lipinski definition) is 4. The lowest BCUT2D eigenvalue weighted by Crippen LogP contribution is -2.46. The van der Waals surface area contributed by atoms with Crippen LogP contribution in [-0.4, -0.2) is 65.2 Å². The zero-order valence-electron chi connectivity index (χ0n) is 11.1. The number of carbonyl (C=O) groups is 1. The van der Waals surface area contributed by atoms with Crippen LogP contribution in [-0.2, 0) is 6.54 Å². The summed E-state index contributed by atoms with van der Waals surface area (Å²) in [5, 5.41) is 9.08. The Morgan fingerprint density at radius 1 is 1.21 bits per heavy atom. The minimum Gasteiger partial charge on any atom is -0.477 e. The van der Waals surface area contributed by atoms with E-state index in [2.05, 4.69) is 16.8 Å². The van der Waals surface area contributed by atoms with E-state index < -0.39 is 5.97 Å². The molecule has 0 atom stereocenters. The van der Waals surface area contributed by atoms with Crippen molar-refractivity contribution in [2.75, 3.05) is 39.8 Å². The fourth-order valence-electron chi connectivity index (χ4n) is 2.25. The standard InChI is InChI=1S/C13H19N3O3/c1-14-5-7-15(8-6-14)9-10-16-11(13(18)19)3-2-4-12(16)17/h2-4H,5-10H2,1H3,(H,18,19). The quantitative estimate of drug-likeness (QED) is 0.816. The number of likely N-dealkylation sites (N-methyl/N-ethyl adjacent to an activating group) is 1. The zero-order valence-corrected chi connectivity index (χ0v) is 11.1. The van der Waals surface area contributed by atoms with Gasteiger partial charge in [0, 0.05) is 45.3 Å². The number of piperazine rings is 1. The van der Waals surface area contributed by atoms with Gasteiger partial charge in [0.25, 0.3) is 5.56 Å². The summed E-state index contributed by atoms with van der Waals surface area (Å²) in [6.07, 6.45) is 0. The Morgan fingerprint density at radius 2 is 1.89 bits per heavy atom. The zero-order chi connectivity index (χ0) is 13.8. The molecule has 1 N–H and O–H groups in total. The second kappa shape index (κ2) is 5.99. The molecular weight excluding hydrogens is 246 g/mol. The van der Waals surface area contributed by atoms with Gasteiger partial charge < -0.3 is 14.6 Å². The number of carboxylic acids is 1. The molecule has 0 radical (unpaired) electrons. The van der Waals surface area contributed by atoms with Crippen LogP contribution in [0.4, 0.5) is 0 Å². The lowest BCUT2D eigenvalue weighted by molar-refractivity contribution is 0.0681. The van der Waals surface area contributed by atoms with Crippen molar-refractivity contribution in [1.29, 1.82) is 0 Å². The molecule has 104 valence electrons. The van der Waals surface area contributed by atoms with E-state index in [1.807, 2.05) is 0 Å². The summed E-state index contributed by atoms with van der Waals surface area (Å²) in [4.78, 5) is 27.3. The van der Waals surface area contributed by atoms with Crippen molar-refractivity contribution in [2.24, 2.45) is 0 Å². The van der Waals surface area contributed by atoms with Crippen LogP contribution < -0.4 is 5.56 Å². The molecule has 0 amide bonds. The van der Waals surface area contributed by atoms with Crippen LogP contribution in [0.25, 0.3) is 0 Å². The molecular formula is C13H19N3O3. The van der Waals surface area contributed by atoms with E-state index in [0.717, 1.165) is 26.2 Å². The largest absolute Gasteiger partial charge is 0.477 e. The fourth-order valence-corrected chi connectivity index (χ4v) is 2.25. The highest BCUT2D eigenvalue weighted by Gasteiger charge is 2.15. The molecule has 6 heteroatoms. The smallest absolute Gasteiger partial charge is 0.352 e. The highest BCUT2D eigenvalue weighted by atomic mass is 16.4. The number of hydrogen-bond donors (Lipinski definition) is 1. The van der Waals surface area contributed by atoms with Gasteiger partial charge in [-0.1, -0.05) is 6.07 Å². The van der Waals surface area contributed by atoms with Crippen LogP contribution in [0.5, 0.6) is 0 Å². The number of rotatable bonds is 4. The van der Waals surface area contributed by atoms with Crippen LogP contribution in [0.1, 0.15) is 10.5 Å². The molecule has 0 aliphatic carbocycles. The van der Waals surface area contributed by atoms with Gasteiger partial charge in [-0.3, -0.25) is 9.69 Å². The van der Waals surface area contributed by atoms with Gasteiger partial charge in [0.2, 0.25) is 0 Å². The highest BCUT2D eigenvalue weighted by Crippen LogP contribution is 2.01. The van der Waals surface area contributed by atoms with Crippen LogP contribution in [0, 0.1) is 0 Å². The number of pyridine rings is 1. The number of aromatic carboxylic acids is 1. The first-order valence-electron chi connectivity index (χ1n) is 6.42. The molecule has 19 heavy (non-hydrogen) atoms. The van der Waals surface area contributed by atoms with Gasteiger partial charge in [0.05, 0.1) is 0 Å². The maximum atomic E-state index is 11.7. The maximum Gasteiger partial charge on any atom is 0.352 e. The Kier molecular flexibility index (Phi) is 4.34. The predicted molar refractivity (Wildman–Crippen MR) is 71.6 cm³/mol. The summed E-state index contributed by atoms with van der Waals surface area (Å²) in [5.41, 5.74) is -0.198. The van der Waals surface area contributed by atoms with Gasteiger partial charge in [0.1, 0.15) is 5.69 Å². The lowest BCUT2D eigenvalue weighted by atomic mass is 10.3. The third kappa shape index (κ3) is 3.42. The SMILES string of the molecule is CN1CCN(CCn2c(C(=O)O)cccc2=O)CC1. The first-order chi connectivity index (χ1) is 9.08. The van der Waals surface area contributed by atoms with E-state index in [1.165, 1.54) is 22.8 Å². The van der Waals surface area contributed by atoms with E-state index in [9.17, 15) is 9.59 Å². The molecule has 1 saturated heterocycles. The first kappa shape index (κ1) is 13.8. The van der Waals surface area contributed by atoms with Gasteiger partial charge in [-0.2, -0.15) is 0 Å². The van der Waals surface area contributed by atoms with Crippen LogP contribution in [0.3, 0.4) is 0 Å². The topological polar surface area (TPSA) is 65.8 Å². The molecule has 0 spiro atoms. The van der Waals surface area contributed by atoms with Crippen molar-refractivity contribution in [2.45, 2.75) is 6.54 Å². The second-order valence-corrected chi connectivity index (χ2v) is 4.85. The first-order valence-corrected chi connectivity index (χ1v) is 6.42. The molecule has 1 fully saturated rings. The Bertz CT molecular complexity index is 504. The monoisotopic (exact) mass is 265 g/mol. The van der Waals surface area contributed by atoms with Crippen molar-refractivity contribution < 1.29 is 9.90 Å². The maximum absolute atomic E-state index is 11.7. The second-order valence-electron chi connectivity index (χ2n) is 4.85. The third-order valence-electron chi connectivity index (χ3n) is 3.50. The summed E-state index contributed by atoms with van der Waals surface area (Å²) in [7, 11) is 2.08. The molecule has 1 aliphatic heterocycles. The summed E-state index contributed by atoms with van der Waals surface area (Å²) in [6, 6.07) is 4.35. The number of nitrogens with zero attached hydrogens (tertiary/aromatic N) is 3. The van der Waals surface area contributed by atoms with E-state index in [0.29, 0.717) is 13.1 Å². The Morgan fingerprint density at radius 3 is 2.53 bits per heavy atom. The normalized spacial score (nSPS) is 17.5. The fraction of sp³-hybridized carbons (Fsp3) is 0.538. The van der Waals surface area contributed by atoms with Gasteiger partial charge in [-0.05, 0) is 13.1 Å². The van der Waals surface area contributed by atoms with E-state index in [4.69, 9.17) is 5.11 Å². The Hall–Kier alpha value is -1.66. The number of carboxylic acid groups (broad SMARTS) is 1. The molecule has 2 rings (SSSR count). The van der Waals surface area contributed by atoms with Crippen molar-refractivity contribution in [1.82, 2.24) is 14.4 Å². The summed E-state index contributed by atoms with van der Waals surface area (Å²) in [5.74, 6) is -1.06. The highest BCUT2D eigenvalue weighted by molar-refractivity contribution is 5.85. The summed E-state index contributed by atoms with van der Waals surface area (Å²) in [6.45, 7) is 5.06. The summed E-state index contributed by atoms with van der Waals surface area (Å²) >= 11 is 0.